The lowest BCUT2D eigenvalue weighted by Gasteiger charge is -2.40. The van der Waals surface area contributed by atoms with Crippen LogP contribution in [0.2, 0.25) is 0 Å². The molecule has 2 amide bonds. The molecular formula is C26H26F3N3O3S. The summed E-state index contributed by atoms with van der Waals surface area (Å²) in [7, 11) is 0. The maximum atomic E-state index is 14.3. The number of thioether (sulfide) groups is 1. The van der Waals surface area contributed by atoms with Gasteiger partial charge in [-0.3, -0.25) is 19.3 Å². The second kappa shape index (κ2) is 9.99. The summed E-state index contributed by atoms with van der Waals surface area (Å²) >= 11 is 0.958. The zero-order valence-corrected chi connectivity index (χ0v) is 20.2. The molecule has 10 heteroatoms. The van der Waals surface area contributed by atoms with Crippen LogP contribution in [0.5, 0.6) is 0 Å². The number of piperidine rings is 1. The number of Topliss-reactive ketones (excluding diaryl/α,β-unsaturated/α-hetero) is 1. The SMILES string of the molecule is N[C@H](Cc1cc(F)c(F)cc1F)[C@@H]1C[C@H]2CC[C@H](N2)C1C(=O)c1cccc(CN2C(=O)CSC2=O)c1. The molecule has 2 aromatic rings. The van der Waals surface area contributed by atoms with Crippen molar-refractivity contribution in [2.45, 2.75) is 50.4 Å². The van der Waals surface area contributed by atoms with Crippen molar-refractivity contribution in [2.24, 2.45) is 17.6 Å². The van der Waals surface area contributed by atoms with Crippen molar-refractivity contribution in [3.63, 3.8) is 0 Å². The molecular weight excluding hydrogens is 491 g/mol. The fraction of sp³-hybridized carbons (Fsp3) is 0.423. The van der Waals surface area contributed by atoms with Crippen molar-refractivity contribution >= 4 is 28.7 Å². The number of nitrogens with one attached hydrogen (secondary N) is 1. The van der Waals surface area contributed by atoms with Gasteiger partial charge >= 0.3 is 0 Å². The molecule has 3 N–H and O–H groups in total. The van der Waals surface area contributed by atoms with Gasteiger partial charge in [0.15, 0.2) is 17.4 Å². The Bertz CT molecular complexity index is 1210. The Morgan fingerprint density at radius 3 is 2.64 bits per heavy atom. The van der Waals surface area contributed by atoms with Crippen molar-refractivity contribution in [3.05, 3.63) is 70.5 Å². The summed E-state index contributed by atoms with van der Waals surface area (Å²) < 4.78 is 41.4. The summed E-state index contributed by atoms with van der Waals surface area (Å²) in [5.41, 5.74) is 7.62. The van der Waals surface area contributed by atoms with Gasteiger partial charge in [0, 0.05) is 35.7 Å². The highest BCUT2D eigenvalue weighted by Crippen LogP contribution is 2.40. The van der Waals surface area contributed by atoms with E-state index in [9.17, 15) is 27.6 Å². The van der Waals surface area contributed by atoms with Gasteiger partial charge in [-0.2, -0.15) is 0 Å². The Balaban J connectivity index is 1.38. The van der Waals surface area contributed by atoms with E-state index in [2.05, 4.69) is 5.32 Å². The van der Waals surface area contributed by atoms with Crippen LogP contribution in [-0.2, 0) is 17.8 Å². The molecule has 3 aliphatic heterocycles. The van der Waals surface area contributed by atoms with Crippen LogP contribution in [0, 0.1) is 29.3 Å². The molecule has 1 unspecified atom stereocenters. The number of carbonyl (C=O) groups is 3. The Hall–Kier alpha value is -2.69. The molecule has 2 aromatic carbocycles. The third-order valence-electron chi connectivity index (χ3n) is 7.52. The van der Waals surface area contributed by atoms with Gasteiger partial charge in [-0.05, 0) is 54.9 Å². The number of benzene rings is 2. The summed E-state index contributed by atoms with van der Waals surface area (Å²) in [4.78, 5) is 39.0. The Morgan fingerprint density at radius 1 is 1.11 bits per heavy atom. The lowest BCUT2D eigenvalue weighted by atomic mass is 9.72. The van der Waals surface area contributed by atoms with Crippen molar-refractivity contribution in [2.75, 3.05) is 5.75 Å². The number of nitrogens with two attached hydrogens (primary N) is 1. The van der Waals surface area contributed by atoms with Gasteiger partial charge in [0.2, 0.25) is 5.91 Å². The molecule has 190 valence electrons. The largest absolute Gasteiger partial charge is 0.327 e. The average Bonchev–Trinajstić information content (AvgIpc) is 3.39. The van der Waals surface area contributed by atoms with Crippen molar-refractivity contribution in [1.82, 2.24) is 10.2 Å². The second-order valence-corrected chi connectivity index (χ2v) is 10.7. The molecule has 2 bridgehead atoms. The Labute approximate surface area is 210 Å². The minimum absolute atomic E-state index is 0.0155. The van der Waals surface area contributed by atoms with E-state index >= 15 is 0 Å². The fourth-order valence-corrected chi connectivity index (χ4v) is 6.49. The standard InChI is InChI=1S/C26H26F3N3O3S/c27-18-10-20(29)19(28)7-15(18)8-21(30)17-9-16-4-5-22(31-16)24(17)25(34)14-3-1-2-13(6-14)11-32-23(33)12-36-26(32)35/h1-3,6-7,10,16-17,21-22,24,31H,4-5,8-9,11-12,30H2/t16-,17+,21-,22+,24?/m1/s1. The third kappa shape index (κ3) is 4.81. The fourth-order valence-electron chi connectivity index (χ4n) is 5.77. The van der Waals surface area contributed by atoms with Gasteiger partial charge < -0.3 is 11.1 Å². The molecule has 3 aliphatic rings. The number of hydrogen-bond donors (Lipinski definition) is 2. The van der Waals surface area contributed by atoms with E-state index in [-0.39, 0.29) is 59.2 Å². The summed E-state index contributed by atoms with van der Waals surface area (Å²) in [5.74, 6) is -4.28. The maximum absolute atomic E-state index is 14.3. The van der Waals surface area contributed by atoms with E-state index in [1.807, 2.05) is 0 Å². The van der Waals surface area contributed by atoms with Gasteiger partial charge in [0.05, 0.1) is 12.3 Å². The van der Waals surface area contributed by atoms with Gasteiger partial charge in [-0.25, -0.2) is 13.2 Å². The Kier molecular flexibility index (Phi) is 6.93. The van der Waals surface area contributed by atoms with E-state index < -0.39 is 29.4 Å². The van der Waals surface area contributed by atoms with Crippen molar-refractivity contribution < 1.29 is 27.6 Å². The first-order valence-corrected chi connectivity index (χ1v) is 12.9. The maximum Gasteiger partial charge on any atom is 0.289 e. The first kappa shape index (κ1) is 25.0. The lowest BCUT2D eigenvalue weighted by Crippen LogP contribution is -2.54. The smallest absolute Gasteiger partial charge is 0.289 e. The molecule has 3 saturated heterocycles. The number of rotatable bonds is 7. The molecule has 5 atom stereocenters. The number of nitrogens with zero attached hydrogens (tertiary/aromatic N) is 1. The summed E-state index contributed by atoms with van der Waals surface area (Å²) in [5, 5.41) is 3.19. The summed E-state index contributed by atoms with van der Waals surface area (Å²) in [6, 6.07) is 7.71. The number of hydrogen-bond acceptors (Lipinski definition) is 6. The molecule has 0 radical (unpaired) electrons. The van der Waals surface area contributed by atoms with E-state index in [1.54, 1.807) is 24.3 Å². The number of fused-ring (bicyclic) bond motifs is 2. The zero-order valence-electron chi connectivity index (χ0n) is 19.4. The van der Waals surface area contributed by atoms with E-state index in [0.29, 0.717) is 23.6 Å². The summed E-state index contributed by atoms with van der Waals surface area (Å²) in [6.07, 6.45) is 2.30. The minimum atomic E-state index is -1.26. The molecule has 0 saturated carbocycles. The van der Waals surface area contributed by atoms with Gasteiger partial charge in [-0.1, -0.05) is 30.0 Å². The van der Waals surface area contributed by atoms with E-state index in [4.69, 9.17) is 5.73 Å². The monoisotopic (exact) mass is 517 g/mol. The van der Waals surface area contributed by atoms with Crippen LogP contribution in [0.4, 0.5) is 18.0 Å². The predicted molar refractivity (Wildman–Crippen MR) is 129 cm³/mol. The number of amides is 2. The third-order valence-corrected chi connectivity index (χ3v) is 8.38. The van der Waals surface area contributed by atoms with Crippen LogP contribution in [0.25, 0.3) is 0 Å². The molecule has 0 spiro atoms. The first-order chi connectivity index (χ1) is 17.2. The predicted octanol–water partition coefficient (Wildman–Crippen LogP) is 3.81. The molecule has 3 fully saturated rings. The first-order valence-electron chi connectivity index (χ1n) is 12.0. The van der Waals surface area contributed by atoms with Gasteiger partial charge in [0.25, 0.3) is 5.24 Å². The van der Waals surface area contributed by atoms with Crippen LogP contribution in [0.15, 0.2) is 36.4 Å². The molecule has 0 aliphatic carbocycles. The molecule has 0 aromatic heterocycles. The van der Waals surface area contributed by atoms with Crippen LogP contribution < -0.4 is 11.1 Å². The lowest BCUT2D eigenvalue weighted by molar-refractivity contribution is -0.125. The molecule has 6 nitrogen and oxygen atoms in total. The van der Waals surface area contributed by atoms with Crippen molar-refractivity contribution in [1.29, 1.82) is 0 Å². The number of halogens is 3. The van der Waals surface area contributed by atoms with Crippen LogP contribution in [-0.4, -0.2) is 45.7 Å². The number of carbonyl (C=O) groups excluding carboxylic acids is 3. The second-order valence-electron chi connectivity index (χ2n) is 9.80. The Morgan fingerprint density at radius 2 is 1.89 bits per heavy atom. The quantitative estimate of drug-likeness (QED) is 0.429. The highest BCUT2D eigenvalue weighted by atomic mass is 32.2. The van der Waals surface area contributed by atoms with Crippen LogP contribution in [0.1, 0.15) is 40.7 Å². The van der Waals surface area contributed by atoms with Crippen LogP contribution in [0.3, 0.4) is 0 Å². The van der Waals surface area contributed by atoms with Gasteiger partial charge in [0.1, 0.15) is 5.82 Å². The molecule has 3 heterocycles. The van der Waals surface area contributed by atoms with Crippen molar-refractivity contribution in [3.8, 4) is 0 Å². The number of imide groups is 1. The van der Waals surface area contributed by atoms with E-state index in [0.717, 1.165) is 30.7 Å². The van der Waals surface area contributed by atoms with Gasteiger partial charge in [-0.15, -0.1) is 0 Å². The topological polar surface area (TPSA) is 92.5 Å². The summed E-state index contributed by atoms with van der Waals surface area (Å²) in [6.45, 7) is 0.0958. The highest BCUT2D eigenvalue weighted by molar-refractivity contribution is 8.14. The van der Waals surface area contributed by atoms with E-state index in [1.165, 1.54) is 4.90 Å². The molecule has 36 heavy (non-hydrogen) atoms. The van der Waals surface area contributed by atoms with Crippen LogP contribution >= 0.6 is 11.8 Å². The highest BCUT2D eigenvalue weighted by Gasteiger charge is 2.47. The molecule has 5 rings (SSSR count). The number of ketones is 1. The zero-order chi connectivity index (χ0) is 25.6. The normalized spacial score (nSPS) is 26.5. The average molecular weight is 518 g/mol. The minimum Gasteiger partial charge on any atom is -0.327 e.